The van der Waals surface area contributed by atoms with Crippen LogP contribution in [0.1, 0.15) is 10.4 Å². The molecule has 15 heavy (non-hydrogen) atoms. The number of carboxylic acids is 1. The molecule has 0 aliphatic carbocycles. The Bertz CT molecular complexity index is 386. The lowest BCUT2D eigenvalue weighted by atomic mass is 9.75. The van der Waals surface area contributed by atoms with Crippen LogP contribution in [0, 0.1) is 10.1 Å². The first-order valence-corrected chi connectivity index (χ1v) is 3.82. The van der Waals surface area contributed by atoms with Gasteiger partial charge in [-0.1, -0.05) is 6.07 Å². The van der Waals surface area contributed by atoms with Crippen molar-refractivity contribution in [1.29, 1.82) is 0 Å². The minimum atomic E-state index is -2.20. The second kappa shape index (κ2) is 4.07. The Hall–Kier alpha value is -1.93. The van der Waals surface area contributed by atoms with E-state index in [1.807, 2.05) is 0 Å². The smallest absolute Gasteiger partial charge is 0.478 e. The molecule has 7 nitrogen and oxygen atoms in total. The predicted octanol–water partition coefficient (Wildman–Crippen LogP) is -1.03. The summed E-state index contributed by atoms with van der Waals surface area (Å²) in [6, 6.07) is 3.22. The van der Waals surface area contributed by atoms with Crippen LogP contribution in [-0.4, -0.2) is 33.2 Å². The molecule has 0 radical (unpaired) electrons. The maximum atomic E-state index is 10.7. The molecule has 1 aromatic rings. The molecule has 0 saturated carbocycles. The standard InChI is InChI=1S/C7H6BNO6/c10-7(11)4-2-1-3-5(9(14)15)6(4)8(12)13/h1-3,12-13H,(H,10,11). The van der Waals surface area contributed by atoms with Crippen LogP contribution < -0.4 is 5.46 Å². The predicted molar refractivity (Wildman–Crippen MR) is 49.9 cm³/mol. The summed E-state index contributed by atoms with van der Waals surface area (Å²) in [5.41, 5.74) is -1.75. The van der Waals surface area contributed by atoms with Gasteiger partial charge in [0.25, 0.3) is 5.69 Å². The number of benzene rings is 1. The molecule has 0 fully saturated rings. The lowest BCUT2D eigenvalue weighted by molar-refractivity contribution is -0.383. The molecule has 3 N–H and O–H groups in total. The largest absolute Gasteiger partial charge is 0.496 e. The van der Waals surface area contributed by atoms with Gasteiger partial charge in [0.2, 0.25) is 0 Å². The van der Waals surface area contributed by atoms with E-state index in [-0.39, 0.29) is 0 Å². The van der Waals surface area contributed by atoms with Crippen molar-refractivity contribution in [3.05, 3.63) is 33.9 Å². The van der Waals surface area contributed by atoms with Crippen molar-refractivity contribution in [3.8, 4) is 0 Å². The van der Waals surface area contributed by atoms with Crippen molar-refractivity contribution in [1.82, 2.24) is 0 Å². The van der Waals surface area contributed by atoms with Gasteiger partial charge in [-0.3, -0.25) is 10.1 Å². The van der Waals surface area contributed by atoms with E-state index in [2.05, 4.69) is 0 Å². The van der Waals surface area contributed by atoms with Gasteiger partial charge in [0.15, 0.2) is 0 Å². The highest BCUT2D eigenvalue weighted by atomic mass is 16.6. The normalized spacial score (nSPS) is 9.73. The van der Waals surface area contributed by atoms with E-state index in [4.69, 9.17) is 15.2 Å². The van der Waals surface area contributed by atoms with Crippen LogP contribution in [-0.2, 0) is 0 Å². The van der Waals surface area contributed by atoms with Gasteiger partial charge in [-0.15, -0.1) is 0 Å². The van der Waals surface area contributed by atoms with Gasteiger partial charge < -0.3 is 15.2 Å². The fourth-order valence-electron chi connectivity index (χ4n) is 1.17. The number of hydrogen-bond donors (Lipinski definition) is 3. The zero-order chi connectivity index (χ0) is 11.6. The molecular weight excluding hydrogens is 205 g/mol. The van der Waals surface area contributed by atoms with Crippen molar-refractivity contribution in [2.45, 2.75) is 0 Å². The molecule has 0 heterocycles. The van der Waals surface area contributed by atoms with Crippen LogP contribution in [0.3, 0.4) is 0 Å². The van der Waals surface area contributed by atoms with Gasteiger partial charge in [-0.25, -0.2) is 4.79 Å². The Labute approximate surface area is 83.9 Å². The van der Waals surface area contributed by atoms with E-state index in [1.165, 1.54) is 0 Å². The second-order valence-electron chi connectivity index (χ2n) is 2.67. The third kappa shape index (κ3) is 2.11. The Balaban J connectivity index is 3.48. The Morgan fingerprint density at radius 3 is 2.40 bits per heavy atom. The van der Waals surface area contributed by atoms with Gasteiger partial charge in [0, 0.05) is 6.07 Å². The van der Waals surface area contributed by atoms with Crippen LogP contribution in [0.5, 0.6) is 0 Å². The number of carbonyl (C=O) groups is 1. The zero-order valence-electron chi connectivity index (χ0n) is 7.32. The third-order valence-electron chi connectivity index (χ3n) is 1.77. The van der Waals surface area contributed by atoms with Crippen LogP contribution in [0.4, 0.5) is 5.69 Å². The van der Waals surface area contributed by atoms with Crippen LogP contribution in [0.25, 0.3) is 0 Å². The second-order valence-corrected chi connectivity index (χ2v) is 2.67. The SMILES string of the molecule is O=C(O)c1cccc([N+](=O)[O-])c1B(O)O. The number of nitro groups is 1. The maximum Gasteiger partial charge on any atom is 0.496 e. The molecule has 0 atom stereocenters. The van der Waals surface area contributed by atoms with Crippen LogP contribution in [0.2, 0.25) is 0 Å². The monoisotopic (exact) mass is 211 g/mol. The molecule has 1 aromatic carbocycles. The van der Waals surface area contributed by atoms with Crippen molar-refractivity contribution >= 4 is 24.2 Å². The van der Waals surface area contributed by atoms with Gasteiger partial charge in [0.1, 0.15) is 0 Å². The summed E-state index contributed by atoms with van der Waals surface area (Å²) in [4.78, 5) is 20.3. The number of hydrogen-bond acceptors (Lipinski definition) is 5. The van der Waals surface area contributed by atoms with Gasteiger partial charge in [0.05, 0.1) is 15.9 Å². The third-order valence-corrected chi connectivity index (χ3v) is 1.77. The van der Waals surface area contributed by atoms with Gasteiger partial charge >= 0.3 is 13.1 Å². The van der Waals surface area contributed by atoms with Crippen LogP contribution in [0.15, 0.2) is 18.2 Å². The Morgan fingerprint density at radius 1 is 1.40 bits per heavy atom. The van der Waals surface area contributed by atoms with E-state index in [1.54, 1.807) is 0 Å². The van der Waals surface area contributed by atoms with Crippen molar-refractivity contribution < 1.29 is 24.9 Å². The van der Waals surface area contributed by atoms with E-state index >= 15 is 0 Å². The zero-order valence-corrected chi connectivity index (χ0v) is 7.32. The molecule has 0 bridgehead atoms. The van der Waals surface area contributed by atoms with Gasteiger partial charge in [-0.2, -0.15) is 0 Å². The molecule has 0 aromatic heterocycles. The fourth-order valence-corrected chi connectivity index (χ4v) is 1.17. The molecule has 1 rings (SSSR count). The summed E-state index contributed by atoms with van der Waals surface area (Å²) in [6.45, 7) is 0. The maximum absolute atomic E-state index is 10.7. The van der Waals surface area contributed by atoms with E-state index in [0.29, 0.717) is 0 Å². The topological polar surface area (TPSA) is 121 Å². The molecular formula is C7H6BNO6. The van der Waals surface area contributed by atoms with Crippen molar-refractivity contribution in [2.24, 2.45) is 0 Å². The number of rotatable bonds is 3. The molecule has 0 amide bonds. The van der Waals surface area contributed by atoms with E-state index in [0.717, 1.165) is 18.2 Å². The minimum absolute atomic E-state index is 0.501. The van der Waals surface area contributed by atoms with Crippen molar-refractivity contribution in [3.63, 3.8) is 0 Å². The van der Waals surface area contributed by atoms with Crippen LogP contribution >= 0.6 is 0 Å². The Kier molecular flexibility index (Phi) is 3.03. The highest BCUT2D eigenvalue weighted by molar-refractivity contribution is 6.62. The average molecular weight is 211 g/mol. The van der Waals surface area contributed by atoms with Gasteiger partial charge in [-0.05, 0) is 6.07 Å². The molecule has 0 unspecified atom stereocenters. The molecule has 0 aliphatic heterocycles. The summed E-state index contributed by atoms with van der Waals surface area (Å²) in [5, 5.41) is 36.9. The van der Waals surface area contributed by atoms with E-state index in [9.17, 15) is 14.9 Å². The quantitative estimate of drug-likeness (QED) is 0.334. The number of nitrogens with zero attached hydrogens (tertiary/aromatic N) is 1. The summed E-state index contributed by atoms with van der Waals surface area (Å²) in [5.74, 6) is -1.46. The molecule has 0 saturated heterocycles. The highest BCUT2D eigenvalue weighted by Gasteiger charge is 2.29. The average Bonchev–Trinajstić information content (AvgIpc) is 2.16. The summed E-state index contributed by atoms with van der Waals surface area (Å²) in [6.07, 6.45) is 0. The fraction of sp³-hybridized carbons (Fsp3) is 0. The number of carboxylic acid groups (broad SMARTS) is 1. The molecule has 78 valence electrons. The molecule has 8 heteroatoms. The number of aromatic carboxylic acids is 1. The number of nitro benzene ring substituents is 1. The summed E-state index contributed by atoms with van der Waals surface area (Å²) >= 11 is 0. The van der Waals surface area contributed by atoms with Crippen molar-refractivity contribution in [2.75, 3.05) is 0 Å². The lowest BCUT2D eigenvalue weighted by Crippen LogP contribution is -2.36. The first kappa shape index (κ1) is 11.2. The summed E-state index contributed by atoms with van der Waals surface area (Å²) in [7, 11) is -2.20. The lowest BCUT2D eigenvalue weighted by Gasteiger charge is -2.04. The Morgan fingerprint density at radius 2 is 2.00 bits per heavy atom. The highest BCUT2D eigenvalue weighted by Crippen LogP contribution is 2.11. The minimum Gasteiger partial charge on any atom is -0.478 e. The molecule has 0 aliphatic rings. The first-order valence-electron chi connectivity index (χ1n) is 3.82. The first-order chi connectivity index (χ1) is 6.95. The molecule has 0 spiro atoms. The summed E-state index contributed by atoms with van der Waals surface area (Å²) < 4.78 is 0. The van der Waals surface area contributed by atoms with E-state index < -0.39 is 34.7 Å².